The van der Waals surface area contributed by atoms with Crippen LogP contribution in [-0.2, 0) is 89.1 Å². The second kappa shape index (κ2) is 54.7. The number of sulfone groups is 3. The highest BCUT2D eigenvalue weighted by Gasteiger charge is 2.24. The van der Waals surface area contributed by atoms with Gasteiger partial charge in [0.05, 0.1) is 26.0 Å². The quantitative estimate of drug-likeness (QED) is 0.128. The smallest absolute Gasteiger partial charge is 0.335 e. The molecular weight excluding hydrogens is 1830 g/mol. The minimum absolute atomic E-state index is 0. The number of H-pyrrole nitrogens is 1. The van der Waals surface area contributed by atoms with Crippen molar-refractivity contribution in [2.24, 2.45) is 0 Å². The third-order valence-electron chi connectivity index (χ3n) is 23.0. The number of hydrogen-bond donors (Lipinski definition) is 2. The molecular formula is C126H177N3O11S3. The number of nitrogens with one attached hydrogen (secondary N) is 1. The van der Waals surface area contributed by atoms with E-state index >= 15 is 0 Å². The molecule has 780 valence electrons. The van der Waals surface area contributed by atoms with Crippen LogP contribution < -0.4 is 0 Å². The predicted molar refractivity (Wildman–Crippen MR) is 609 cm³/mol. The van der Waals surface area contributed by atoms with E-state index < -0.39 is 35.5 Å². The number of aromatic amines is 1. The number of carbonyl (C=O) groups is 4. The van der Waals surface area contributed by atoms with Crippen LogP contribution in [0.25, 0.3) is 11.4 Å². The van der Waals surface area contributed by atoms with Crippen molar-refractivity contribution in [1.82, 2.24) is 15.2 Å². The molecule has 17 heteroatoms. The maximum Gasteiger partial charge on any atom is 0.335 e. The van der Waals surface area contributed by atoms with Crippen LogP contribution >= 0.6 is 0 Å². The first kappa shape index (κ1) is 130. The Morgan fingerprint density at radius 2 is 0.524 bits per heavy atom. The van der Waals surface area contributed by atoms with Gasteiger partial charge in [0, 0.05) is 34.8 Å². The van der Waals surface area contributed by atoms with E-state index in [0.717, 1.165) is 50.3 Å². The van der Waals surface area contributed by atoms with E-state index in [1.165, 1.54) is 68.9 Å². The molecule has 0 saturated carbocycles. The SMILES string of the molecule is C.CC(=O)c1ccc(C(C)(C)C)cc1.CC(=O)c1cccc(C(C)(C)C)c1.CC(=O)c1cccc(C(C)(C)C)c1.CC(C)(C)c1ccc(C(=O)O)cc1.CC(C)(C)c1cccc(-c2ncn[nH]2)c1.CC(C)(C)c1cccc(S(C)(=O)=O)c1.CC(C)(C)c1cccc(S(C)(=O)=O)c1.CC(C)(C)c1ccccc1.CCS(=O)(=O)c1cccc(C(C)(C)C)c1.Cc1ccc(C(C)(C)C)cc1.Cc1cccc(C(C)(C)C)c1. The maximum atomic E-state index is 11.7. The first-order chi connectivity index (χ1) is 64.5. The summed E-state index contributed by atoms with van der Waals surface area (Å²) in [6.07, 6.45) is 3.99. The fourth-order valence-electron chi connectivity index (χ4n) is 13.0. The predicted octanol–water partition coefficient (Wildman–Crippen LogP) is 32.8. The second-order valence-electron chi connectivity index (χ2n) is 47.6. The molecule has 2 N–H and O–H groups in total. The zero-order valence-electron chi connectivity index (χ0n) is 93.9. The van der Waals surface area contributed by atoms with Gasteiger partial charge >= 0.3 is 5.97 Å². The Morgan fingerprint density at radius 1 is 0.273 bits per heavy atom. The van der Waals surface area contributed by atoms with Crippen molar-refractivity contribution in [3.8, 4) is 11.4 Å². The first-order valence-corrected chi connectivity index (χ1v) is 54.2. The standard InChI is InChI=1S/C12H15N3.C12H18O2S.3C12H16O.2C11H16O2S.C11H14O2.2C11H16.C10H14.CH4/c1-12(2,3)10-6-4-5-9(7-10)11-13-8-14-15-11;1-5-15(13,14)11-8-6-7-10(9-11)12(2,3)4;1-9(13)10-5-7-11(8-6-10)12(2,3)4;2*1-9(13)10-6-5-7-11(8-10)12(2,3)4;2*1-11(2,3)9-6-5-7-10(8-9)14(4,12)13;1-11(2,3)9-6-4-8(5-7-9)10(12)13;1-9-5-7-10(8-6-9)11(2,3)4;1-9-6-5-7-10(8-9)11(2,3)4;1-10(2,3)9-7-5-4-6-8-9;/h4-8H,1-3H3,(H,13,14,15);6-9H,5H2,1-4H3;3*5-8H,1-4H3;2*5-8H,1-4H3;4-7H,1-3H3,(H,12,13);2*5-8H,1-4H3;4-8H,1-3H3;1H4. The molecule has 0 fully saturated rings. The number of aromatic nitrogens is 3. The Morgan fingerprint density at radius 3 is 0.790 bits per heavy atom. The molecule has 0 amide bonds. The number of nitrogens with zero attached hydrogens (tertiary/aromatic N) is 2. The summed E-state index contributed by atoms with van der Waals surface area (Å²) in [5.41, 5.74) is 21.4. The number of benzene rings is 11. The molecule has 1 heterocycles. The van der Waals surface area contributed by atoms with E-state index in [-0.39, 0.29) is 84.7 Å². The average molecular weight is 2010 g/mol. The van der Waals surface area contributed by atoms with Crippen LogP contribution in [0.1, 0.15) is 377 Å². The monoisotopic (exact) mass is 2000 g/mol. The summed E-state index contributed by atoms with van der Waals surface area (Å²) in [4.78, 5) is 49.2. The summed E-state index contributed by atoms with van der Waals surface area (Å²) in [5, 5.41) is 15.4. The fraction of sp³-hybridized carbons (Fsp3) is 0.429. The summed E-state index contributed by atoms with van der Waals surface area (Å²) in [6.45, 7) is 81.7. The highest BCUT2D eigenvalue weighted by molar-refractivity contribution is 7.91. The van der Waals surface area contributed by atoms with Gasteiger partial charge in [-0.05, 0) is 222 Å². The van der Waals surface area contributed by atoms with Crippen molar-refractivity contribution in [3.63, 3.8) is 0 Å². The van der Waals surface area contributed by atoms with Gasteiger partial charge in [-0.25, -0.2) is 35.0 Å². The lowest BCUT2D eigenvalue weighted by Gasteiger charge is -2.19. The molecule has 0 spiro atoms. The highest BCUT2D eigenvalue weighted by atomic mass is 32.2. The molecule has 0 atom stereocenters. The van der Waals surface area contributed by atoms with Gasteiger partial charge in [-0.2, -0.15) is 5.10 Å². The molecule has 0 unspecified atom stereocenters. The number of ketones is 3. The van der Waals surface area contributed by atoms with Crippen LogP contribution in [0.4, 0.5) is 0 Å². The van der Waals surface area contributed by atoms with Gasteiger partial charge in [0.2, 0.25) is 0 Å². The number of aryl methyl sites for hydroxylation is 2. The molecule has 14 nitrogen and oxygen atoms in total. The van der Waals surface area contributed by atoms with Crippen molar-refractivity contribution >= 4 is 52.8 Å². The summed E-state index contributed by atoms with van der Waals surface area (Å²) in [6, 6.07) is 88.3. The zero-order chi connectivity index (χ0) is 109. The van der Waals surface area contributed by atoms with Crippen LogP contribution in [0.5, 0.6) is 0 Å². The van der Waals surface area contributed by atoms with Gasteiger partial charge in [-0.3, -0.25) is 19.5 Å². The molecule has 11 aromatic carbocycles. The number of hydrogen-bond acceptors (Lipinski definition) is 12. The van der Waals surface area contributed by atoms with Gasteiger partial charge < -0.3 is 5.11 Å². The minimum Gasteiger partial charge on any atom is -0.478 e. The Bertz CT molecular complexity index is 6090. The van der Waals surface area contributed by atoms with Gasteiger partial charge in [-0.1, -0.05) is 460 Å². The zero-order valence-corrected chi connectivity index (χ0v) is 96.4. The first-order valence-electron chi connectivity index (χ1n) is 48.8. The third-order valence-corrected chi connectivity index (χ3v) is 26.9. The van der Waals surface area contributed by atoms with E-state index in [1.54, 1.807) is 88.4 Å². The van der Waals surface area contributed by atoms with E-state index in [1.807, 2.05) is 103 Å². The number of aromatic carboxylic acids is 1. The minimum atomic E-state index is -3.09. The van der Waals surface area contributed by atoms with E-state index in [0.29, 0.717) is 25.7 Å². The summed E-state index contributed by atoms with van der Waals surface area (Å²) in [7, 11) is -9.25. The molecule has 0 aliphatic rings. The number of rotatable bonds is 9. The van der Waals surface area contributed by atoms with Crippen LogP contribution in [-0.4, -0.2) is 87.1 Å². The maximum absolute atomic E-state index is 11.7. The second-order valence-corrected chi connectivity index (χ2v) is 53.9. The average Bonchev–Trinajstić information content (AvgIpc) is 1.19. The van der Waals surface area contributed by atoms with Gasteiger partial charge in [0.1, 0.15) is 6.33 Å². The van der Waals surface area contributed by atoms with Crippen LogP contribution in [0.15, 0.2) is 294 Å². The molecule has 1 aromatic heterocycles. The molecule has 143 heavy (non-hydrogen) atoms. The van der Waals surface area contributed by atoms with Gasteiger partial charge in [-0.15, -0.1) is 0 Å². The molecule has 0 bridgehead atoms. The summed E-state index contributed by atoms with van der Waals surface area (Å²) in [5.74, 6) is 0.486. The third kappa shape index (κ3) is 48.9. The molecule has 0 aliphatic heterocycles. The van der Waals surface area contributed by atoms with E-state index in [2.05, 4.69) is 367 Å². The number of carbonyl (C=O) groups excluding carboxylic acids is 3. The van der Waals surface area contributed by atoms with Gasteiger partial charge in [0.25, 0.3) is 0 Å². The van der Waals surface area contributed by atoms with Gasteiger partial charge in [0.15, 0.2) is 52.7 Å². The lowest BCUT2D eigenvalue weighted by Crippen LogP contribution is -2.12. The molecule has 0 aliphatic carbocycles. The highest BCUT2D eigenvalue weighted by Crippen LogP contribution is 2.33. The van der Waals surface area contributed by atoms with Crippen molar-refractivity contribution in [1.29, 1.82) is 0 Å². The van der Waals surface area contributed by atoms with E-state index in [9.17, 15) is 44.4 Å². The Hall–Kier alpha value is -11.1. The molecule has 12 aromatic rings. The van der Waals surface area contributed by atoms with E-state index in [4.69, 9.17) is 5.11 Å². The Labute approximate surface area is 866 Å². The molecule has 12 rings (SSSR count). The van der Waals surface area contributed by atoms with Crippen molar-refractivity contribution < 1.29 is 49.5 Å². The van der Waals surface area contributed by atoms with Crippen LogP contribution in [0.2, 0.25) is 0 Å². The van der Waals surface area contributed by atoms with Crippen molar-refractivity contribution in [2.45, 2.75) is 352 Å². The Kier molecular flexibility index (Phi) is 49.7. The fourth-order valence-corrected chi connectivity index (χ4v) is 15.3. The topological polar surface area (TPSA) is 232 Å². The number of carboxylic acids is 1. The number of Topliss-reactive ketones (excluding diaryl/α,β-unsaturated/α-hetero) is 3. The summed E-state index contributed by atoms with van der Waals surface area (Å²) >= 11 is 0. The van der Waals surface area contributed by atoms with Crippen molar-refractivity contribution in [2.75, 3.05) is 18.3 Å². The molecule has 0 saturated heterocycles. The lowest BCUT2D eigenvalue weighted by molar-refractivity contribution is 0.0695. The summed E-state index contributed by atoms with van der Waals surface area (Å²) < 4.78 is 68.6. The molecule has 0 radical (unpaired) electrons. The largest absolute Gasteiger partial charge is 0.478 e. The lowest BCUT2D eigenvalue weighted by atomic mass is 9.86. The normalized spacial score (nSPS) is 11.8. The van der Waals surface area contributed by atoms with Crippen molar-refractivity contribution in [3.05, 3.63) is 374 Å². The van der Waals surface area contributed by atoms with Crippen LogP contribution in [0, 0.1) is 13.8 Å². The Balaban J connectivity index is 0.000000787. The number of carboxylic acid groups (broad SMARTS) is 1. The van der Waals surface area contributed by atoms with Crippen LogP contribution in [0.3, 0.4) is 0 Å².